The first-order valence-corrected chi connectivity index (χ1v) is 11.6. The zero-order valence-corrected chi connectivity index (χ0v) is 21.8. The van der Waals surface area contributed by atoms with Gasteiger partial charge in [0.2, 0.25) is 0 Å². The van der Waals surface area contributed by atoms with Gasteiger partial charge in [-0.25, -0.2) is 4.79 Å². The number of ether oxygens (including phenoxy) is 3. The summed E-state index contributed by atoms with van der Waals surface area (Å²) in [6.07, 6.45) is 0. The Kier molecular flexibility index (Phi) is 8.16. The highest BCUT2D eigenvalue weighted by Crippen LogP contribution is 2.40. The Morgan fingerprint density at radius 2 is 1.44 bits per heavy atom. The molecule has 0 aliphatic rings. The van der Waals surface area contributed by atoms with Gasteiger partial charge in [-0.15, -0.1) is 0 Å². The van der Waals surface area contributed by atoms with Gasteiger partial charge in [-0.2, -0.15) is 0 Å². The number of rotatable bonds is 7. The van der Waals surface area contributed by atoms with Crippen LogP contribution in [0.1, 0.15) is 78.9 Å². The molecule has 0 amide bonds. The van der Waals surface area contributed by atoms with E-state index in [2.05, 4.69) is 57.5 Å². The highest BCUT2D eigenvalue weighted by molar-refractivity contribution is 9.08. The van der Waals surface area contributed by atoms with Crippen molar-refractivity contribution in [1.29, 1.82) is 0 Å². The number of esters is 1. The fourth-order valence-electron chi connectivity index (χ4n) is 3.39. The largest absolute Gasteiger partial charge is 0.496 e. The van der Waals surface area contributed by atoms with Gasteiger partial charge in [-0.1, -0.05) is 63.5 Å². The van der Waals surface area contributed by atoms with Crippen LogP contribution in [0.25, 0.3) is 0 Å². The summed E-state index contributed by atoms with van der Waals surface area (Å²) >= 11 is 3.42. The Morgan fingerprint density at radius 3 is 1.88 bits per heavy atom. The summed E-state index contributed by atoms with van der Waals surface area (Å²) in [6, 6.07) is 8.85. The molecule has 5 nitrogen and oxygen atoms in total. The summed E-state index contributed by atoms with van der Waals surface area (Å²) in [7, 11) is 2.99. The number of ketones is 1. The molecule has 0 radical (unpaired) electrons. The molecule has 0 bridgehead atoms. The number of methoxy groups -OCH3 is 2. The van der Waals surface area contributed by atoms with Crippen molar-refractivity contribution < 1.29 is 23.8 Å². The predicted octanol–water partition coefficient (Wildman–Crippen LogP) is 6.23. The minimum Gasteiger partial charge on any atom is -0.496 e. The summed E-state index contributed by atoms with van der Waals surface area (Å²) in [6.45, 7) is 12.5. The molecule has 6 heteroatoms. The molecule has 0 N–H and O–H groups in total. The number of carbonyl (C=O) groups excluding carboxylic acids is 2. The van der Waals surface area contributed by atoms with E-state index in [0.717, 1.165) is 22.4 Å². The second kappa shape index (κ2) is 10.1. The molecule has 0 saturated carbocycles. The molecule has 0 fully saturated rings. The Morgan fingerprint density at radius 1 is 0.875 bits per heavy atom. The first-order valence-electron chi connectivity index (χ1n) is 10.5. The predicted molar refractivity (Wildman–Crippen MR) is 131 cm³/mol. The summed E-state index contributed by atoms with van der Waals surface area (Å²) < 4.78 is 16.4. The van der Waals surface area contributed by atoms with E-state index in [1.54, 1.807) is 25.3 Å². The maximum atomic E-state index is 13.2. The van der Waals surface area contributed by atoms with Gasteiger partial charge in [0.1, 0.15) is 11.5 Å². The monoisotopic (exact) mass is 504 g/mol. The van der Waals surface area contributed by atoms with Crippen LogP contribution in [0.2, 0.25) is 0 Å². The lowest BCUT2D eigenvalue weighted by atomic mass is 9.78. The van der Waals surface area contributed by atoms with Crippen molar-refractivity contribution in [1.82, 2.24) is 0 Å². The minimum atomic E-state index is -0.456. The zero-order chi connectivity index (χ0) is 24.3. The van der Waals surface area contributed by atoms with Crippen molar-refractivity contribution in [2.75, 3.05) is 20.8 Å². The second-order valence-corrected chi connectivity index (χ2v) is 10.3. The van der Waals surface area contributed by atoms with Crippen LogP contribution in [-0.4, -0.2) is 32.6 Å². The zero-order valence-electron chi connectivity index (χ0n) is 20.2. The summed E-state index contributed by atoms with van der Waals surface area (Å²) in [4.78, 5) is 25.1. The average Bonchev–Trinajstić information content (AvgIpc) is 2.74. The third-order valence-corrected chi connectivity index (χ3v) is 5.83. The molecule has 0 saturated heterocycles. The number of hydrogen-bond donors (Lipinski definition) is 0. The summed E-state index contributed by atoms with van der Waals surface area (Å²) in [5, 5.41) is 0.531. The maximum Gasteiger partial charge on any atom is 0.337 e. The van der Waals surface area contributed by atoms with Crippen molar-refractivity contribution in [3.05, 3.63) is 58.1 Å². The number of halogens is 1. The molecule has 0 aliphatic carbocycles. The topological polar surface area (TPSA) is 61.8 Å². The van der Waals surface area contributed by atoms with Crippen molar-refractivity contribution >= 4 is 27.7 Å². The van der Waals surface area contributed by atoms with E-state index in [-0.39, 0.29) is 23.2 Å². The van der Waals surface area contributed by atoms with Crippen LogP contribution < -0.4 is 9.47 Å². The van der Waals surface area contributed by atoms with Crippen LogP contribution in [0.3, 0.4) is 0 Å². The lowest BCUT2D eigenvalue weighted by Gasteiger charge is -2.29. The quantitative estimate of drug-likeness (QED) is 0.254. The molecule has 2 aromatic carbocycles. The number of carbonyl (C=O) groups is 2. The normalized spacial score (nSPS) is 11.8. The molecular formula is C26H33BrO5. The van der Waals surface area contributed by atoms with Gasteiger partial charge in [0, 0.05) is 27.6 Å². The van der Waals surface area contributed by atoms with Gasteiger partial charge in [-0.05, 0) is 35.1 Å². The van der Waals surface area contributed by atoms with Gasteiger partial charge in [0.05, 0.1) is 19.8 Å². The molecule has 2 rings (SSSR count). The number of Topliss-reactive ketones (excluding diaryl/α,β-unsaturated/α-hetero) is 1. The smallest absolute Gasteiger partial charge is 0.337 e. The van der Waals surface area contributed by atoms with E-state index in [9.17, 15) is 9.59 Å². The van der Waals surface area contributed by atoms with Crippen LogP contribution in [0, 0.1) is 0 Å². The van der Waals surface area contributed by atoms with Crippen LogP contribution in [-0.2, 0) is 20.9 Å². The lowest BCUT2D eigenvalue weighted by molar-refractivity contribution is 0.0600. The van der Waals surface area contributed by atoms with E-state index in [0.29, 0.717) is 22.2 Å². The highest BCUT2D eigenvalue weighted by atomic mass is 79.9. The van der Waals surface area contributed by atoms with Crippen LogP contribution in [0.5, 0.6) is 11.5 Å². The van der Waals surface area contributed by atoms with Crippen molar-refractivity contribution in [3.8, 4) is 11.5 Å². The molecule has 0 atom stereocenters. The third-order valence-electron chi connectivity index (χ3n) is 5.22. The van der Waals surface area contributed by atoms with Crippen LogP contribution >= 0.6 is 15.9 Å². The minimum absolute atomic E-state index is 0.146. The SMILES string of the molecule is COC(=O)c1ccc(CBr)c(OCC(=O)c2cc(C(C)(C)C)c(OC)c(C(C)(C)C)c2)c1. The first-order chi connectivity index (χ1) is 14.8. The molecule has 2 aromatic rings. The van der Waals surface area contributed by atoms with Gasteiger partial charge in [0.25, 0.3) is 0 Å². The first kappa shape index (κ1) is 25.9. The Bertz CT molecular complexity index is 961. The Balaban J connectivity index is 2.43. The van der Waals surface area contributed by atoms with Gasteiger partial charge >= 0.3 is 5.97 Å². The van der Waals surface area contributed by atoms with Crippen LogP contribution in [0.15, 0.2) is 30.3 Å². The lowest BCUT2D eigenvalue weighted by Crippen LogP contribution is -2.22. The van der Waals surface area contributed by atoms with E-state index < -0.39 is 5.97 Å². The average molecular weight is 505 g/mol. The van der Waals surface area contributed by atoms with Crippen LogP contribution in [0.4, 0.5) is 0 Å². The van der Waals surface area contributed by atoms with Crippen molar-refractivity contribution in [2.24, 2.45) is 0 Å². The maximum absolute atomic E-state index is 13.2. The number of benzene rings is 2. The number of hydrogen-bond acceptors (Lipinski definition) is 5. The fraction of sp³-hybridized carbons (Fsp3) is 0.462. The van der Waals surface area contributed by atoms with E-state index in [1.807, 2.05) is 12.1 Å². The molecular weight excluding hydrogens is 472 g/mol. The third kappa shape index (κ3) is 5.91. The summed E-state index contributed by atoms with van der Waals surface area (Å²) in [5.41, 5.74) is 3.32. The van der Waals surface area contributed by atoms with Crippen molar-refractivity contribution in [2.45, 2.75) is 57.7 Å². The van der Waals surface area contributed by atoms with E-state index in [1.165, 1.54) is 7.11 Å². The Hall–Kier alpha value is -2.34. The molecule has 0 aliphatic heterocycles. The molecule has 0 aromatic heterocycles. The van der Waals surface area contributed by atoms with Gasteiger partial charge in [-0.3, -0.25) is 4.79 Å². The van der Waals surface area contributed by atoms with Crippen molar-refractivity contribution in [3.63, 3.8) is 0 Å². The fourth-order valence-corrected chi connectivity index (χ4v) is 3.86. The van der Waals surface area contributed by atoms with Gasteiger partial charge < -0.3 is 14.2 Å². The molecule has 32 heavy (non-hydrogen) atoms. The summed E-state index contributed by atoms with van der Waals surface area (Å²) in [5.74, 6) is 0.684. The standard InChI is InChI=1S/C26H33BrO5/c1-25(2,3)19-11-18(12-20(23(19)30-7)26(4,5)6)21(28)15-32-22-13-16(24(29)31-8)9-10-17(22)14-27/h9-13H,14-15H2,1-8H3. The Labute approximate surface area is 199 Å². The molecule has 0 heterocycles. The highest BCUT2D eigenvalue weighted by Gasteiger charge is 2.28. The molecule has 0 unspecified atom stereocenters. The van der Waals surface area contributed by atoms with E-state index >= 15 is 0 Å². The van der Waals surface area contributed by atoms with Gasteiger partial charge in [0.15, 0.2) is 12.4 Å². The number of alkyl halides is 1. The molecule has 0 spiro atoms. The molecule has 174 valence electrons. The second-order valence-electron chi connectivity index (χ2n) is 9.76. The van der Waals surface area contributed by atoms with E-state index in [4.69, 9.17) is 14.2 Å².